The summed E-state index contributed by atoms with van der Waals surface area (Å²) in [6.45, 7) is 3.56. The summed E-state index contributed by atoms with van der Waals surface area (Å²) in [6, 6.07) is 4.95. The molecule has 0 aliphatic heterocycles. The molecule has 6 heteroatoms. The molecule has 0 saturated carbocycles. The van der Waals surface area contributed by atoms with Gasteiger partial charge in [0.05, 0.1) is 11.3 Å². The van der Waals surface area contributed by atoms with Gasteiger partial charge >= 0.3 is 0 Å². The van der Waals surface area contributed by atoms with Gasteiger partial charge in [-0.3, -0.25) is 4.79 Å². The highest BCUT2D eigenvalue weighted by molar-refractivity contribution is 9.10. The molecule has 1 atom stereocenters. The number of amides is 1. The Balaban J connectivity index is 2.80. The second-order valence-electron chi connectivity index (χ2n) is 4.40. The molecule has 1 unspecified atom stereocenters. The normalized spacial score (nSPS) is 13.1. The third-order valence-electron chi connectivity index (χ3n) is 2.37. The molecular formula is C12H16BrNO3S. The summed E-state index contributed by atoms with van der Waals surface area (Å²) >= 11 is 3.35. The molecule has 1 aromatic rings. The lowest BCUT2D eigenvalue weighted by molar-refractivity contribution is 0.0943. The molecule has 0 aliphatic rings. The van der Waals surface area contributed by atoms with Gasteiger partial charge in [-0.2, -0.15) is 0 Å². The Morgan fingerprint density at radius 2 is 2.06 bits per heavy atom. The van der Waals surface area contributed by atoms with Crippen molar-refractivity contribution in [1.82, 2.24) is 5.32 Å². The Bertz CT molecular complexity index is 554. The largest absolute Gasteiger partial charge is 0.349 e. The molecule has 1 aromatic carbocycles. The fourth-order valence-electron chi connectivity index (χ4n) is 1.62. The summed E-state index contributed by atoms with van der Waals surface area (Å²) in [4.78, 5) is 12.0. The highest BCUT2D eigenvalue weighted by Crippen LogP contribution is 2.20. The Morgan fingerprint density at radius 3 is 2.61 bits per heavy atom. The van der Waals surface area contributed by atoms with Gasteiger partial charge in [-0.1, -0.05) is 12.1 Å². The van der Waals surface area contributed by atoms with E-state index < -0.39 is 15.9 Å². The number of benzene rings is 1. The molecular weight excluding hydrogens is 318 g/mol. The third kappa shape index (κ3) is 4.42. The van der Waals surface area contributed by atoms with Crippen LogP contribution in [0.4, 0.5) is 0 Å². The summed E-state index contributed by atoms with van der Waals surface area (Å²) in [7, 11) is -3.10. The maximum Gasteiger partial charge on any atom is 0.252 e. The van der Waals surface area contributed by atoms with Crippen molar-refractivity contribution in [1.29, 1.82) is 0 Å². The van der Waals surface area contributed by atoms with Gasteiger partial charge in [-0.15, -0.1) is 0 Å². The van der Waals surface area contributed by atoms with Gasteiger partial charge in [0.15, 0.2) is 0 Å². The number of hydrogen-bond donors (Lipinski definition) is 1. The molecule has 0 aliphatic carbocycles. The monoisotopic (exact) mass is 333 g/mol. The predicted octanol–water partition coefficient (Wildman–Crippen LogP) is 1.92. The van der Waals surface area contributed by atoms with Crippen LogP contribution in [0.1, 0.15) is 22.8 Å². The summed E-state index contributed by atoms with van der Waals surface area (Å²) in [5.41, 5.74) is 1.47. The first-order valence-electron chi connectivity index (χ1n) is 5.44. The fourth-order valence-corrected chi connectivity index (χ4v) is 3.06. The first-order valence-corrected chi connectivity index (χ1v) is 8.30. The molecule has 0 aromatic heterocycles. The average Bonchev–Trinajstić information content (AvgIpc) is 2.18. The lowest BCUT2D eigenvalue weighted by Crippen LogP contribution is -2.37. The van der Waals surface area contributed by atoms with E-state index in [0.29, 0.717) is 5.56 Å². The van der Waals surface area contributed by atoms with Gasteiger partial charge < -0.3 is 5.32 Å². The molecule has 1 N–H and O–H groups in total. The first-order chi connectivity index (χ1) is 8.20. The lowest BCUT2D eigenvalue weighted by atomic mass is 10.1. The van der Waals surface area contributed by atoms with E-state index in [4.69, 9.17) is 0 Å². The van der Waals surface area contributed by atoms with Crippen molar-refractivity contribution in [2.45, 2.75) is 19.9 Å². The average molecular weight is 334 g/mol. The third-order valence-corrected chi connectivity index (χ3v) is 4.52. The van der Waals surface area contributed by atoms with E-state index >= 15 is 0 Å². The van der Waals surface area contributed by atoms with Crippen molar-refractivity contribution < 1.29 is 13.2 Å². The molecule has 0 heterocycles. The molecule has 1 rings (SSSR count). The minimum Gasteiger partial charge on any atom is -0.349 e. The highest BCUT2D eigenvalue weighted by Gasteiger charge is 2.16. The lowest BCUT2D eigenvalue weighted by Gasteiger charge is -2.14. The second kappa shape index (κ2) is 5.84. The van der Waals surface area contributed by atoms with Crippen molar-refractivity contribution in [3.05, 3.63) is 33.8 Å². The minimum absolute atomic E-state index is 0.0673. The fraction of sp³-hybridized carbons (Fsp3) is 0.417. The van der Waals surface area contributed by atoms with E-state index in [-0.39, 0.29) is 11.7 Å². The molecule has 18 heavy (non-hydrogen) atoms. The van der Waals surface area contributed by atoms with Crippen LogP contribution < -0.4 is 5.32 Å². The first kappa shape index (κ1) is 15.2. The van der Waals surface area contributed by atoms with Crippen LogP contribution in [-0.4, -0.2) is 32.4 Å². The number of halogens is 1. The minimum atomic E-state index is -3.10. The van der Waals surface area contributed by atoms with Gasteiger partial charge in [0.2, 0.25) is 0 Å². The molecule has 0 saturated heterocycles. The van der Waals surface area contributed by atoms with E-state index in [9.17, 15) is 13.2 Å². The van der Waals surface area contributed by atoms with Gasteiger partial charge in [0.1, 0.15) is 9.84 Å². The maximum atomic E-state index is 12.0. The quantitative estimate of drug-likeness (QED) is 0.915. The smallest absolute Gasteiger partial charge is 0.252 e. The molecule has 1 amide bonds. The van der Waals surface area contributed by atoms with Crippen LogP contribution in [0.5, 0.6) is 0 Å². The Hall–Kier alpha value is -0.880. The van der Waals surface area contributed by atoms with Crippen LogP contribution in [0.15, 0.2) is 22.7 Å². The van der Waals surface area contributed by atoms with Crippen LogP contribution >= 0.6 is 15.9 Å². The standard InChI is InChI=1S/C12H16BrNO3S/c1-8-5-4-6-10(11(8)13)12(15)14-9(2)7-18(3,16)17/h4-6,9H,7H2,1-3H3,(H,14,15). The van der Waals surface area contributed by atoms with Crippen LogP contribution in [0, 0.1) is 6.92 Å². The van der Waals surface area contributed by atoms with E-state index in [1.807, 2.05) is 13.0 Å². The van der Waals surface area contributed by atoms with Crippen molar-refractivity contribution in [2.24, 2.45) is 0 Å². The molecule has 0 bridgehead atoms. The van der Waals surface area contributed by atoms with E-state index in [1.54, 1.807) is 19.1 Å². The summed E-state index contributed by atoms with van der Waals surface area (Å²) < 4.78 is 23.0. The Kier molecular flexibility index (Phi) is 4.92. The SMILES string of the molecule is Cc1cccc(C(=O)NC(C)CS(C)(=O)=O)c1Br. The molecule has 0 fully saturated rings. The Labute approximate surface area is 116 Å². The second-order valence-corrected chi connectivity index (χ2v) is 7.38. The highest BCUT2D eigenvalue weighted by atomic mass is 79.9. The van der Waals surface area contributed by atoms with Crippen molar-refractivity contribution in [3.8, 4) is 0 Å². The zero-order valence-electron chi connectivity index (χ0n) is 10.5. The van der Waals surface area contributed by atoms with E-state index in [1.165, 1.54) is 0 Å². The topological polar surface area (TPSA) is 63.2 Å². The van der Waals surface area contributed by atoms with Gasteiger partial charge in [-0.25, -0.2) is 8.42 Å². The summed E-state index contributed by atoms with van der Waals surface area (Å²) in [5.74, 6) is -0.343. The van der Waals surface area contributed by atoms with Gasteiger partial charge in [0, 0.05) is 16.8 Å². The number of nitrogens with one attached hydrogen (secondary N) is 1. The zero-order chi connectivity index (χ0) is 13.9. The molecule has 4 nitrogen and oxygen atoms in total. The summed E-state index contributed by atoms with van der Waals surface area (Å²) in [6.07, 6.45) is 1.15. The maximum absolute atomic E-state index is 12.0. The molecule has 0 radical (unpaired) electrons. The number of hydrogen-bond acceptors (Lipinski definition) is 3. The molecule has 0 spiro atoms. The van der Waals surface area contributed by atoms with Crippen molar-refractivity contribution in [3.63, 3.8) is 0 Å². The van der Waals surface area contributed by atoms with E-state index in [0.717, 1.165) is 16.3 Å². The number of sulfone groups is 1. The Morgan fingerprint density at radius 1 is 1.44 bits per heavy atom. The van der Waals surface area contributed by atoms with Gasteiger partial charge in [0.25, 0.3) is 5.91 Å². The van der Waals surface area contributed by atoms with Gasteiger partial charge in [-0.05, 0) is 41.4 Å². The van der Waals surface area contributed by atoms with Crippen LogP contribution in [0.3, 0.4) is 0 Å². The predicted molar refractivity (Wildman–Crippen MR) is 75.5 cm³/mol. The van der Waals surface area contributed by atoms with E-state index in [2.05, 4.69) is 21.2 Å². The van der Waals surface area contributed by atoms with Crippen LogP contribution in [-0.2, 0) is 9.84 Å². The zero-order valence-corrected chi connectivity index (χ0v) is 12.9. The number of carbonyl (C=O) groups excluding carboxylic acids is 1. The number of rotatable bonds is 4. The summed E-state index contributed by atoms with van der Waals surface area (Å²) in [5, 5.41) is 2.67. The van der Waals surface area contributed by atoms with Crippen LogP contribution in [0.2, 0.25) is 0 Å². The van der Waals surface area contributed by atoms with Crippen molar-refractivity contribution >= 4 is 31.7 Å². The van der Waals surface area contributed by atoms with Crippen molar-refractivity contribution in [2.75, 3.05) is 12.0 Å². The van der Waals surface area contributed by atoms with Crippen LogP contribution in [0.25, 0.3) is 0 Å². The number of aryl methyl sites for hydroxylation is 1. The molecule has 100 valence electrons. The number of carbonyl (C=O) groups is 1.